The number of Topliss-reactive ketones (excluding diaryl/α,β-unsaturated/α-hetero) is 1. The number of fused-ring (bicyclic) bond motifs is 1. The fourth-order valence-electron chi connectivity index (χ4n) is 3.64. The van der Waals surface area contributed by atoms with Crippen LogP contribution in [0.2, 0.25) is 0 Å². The van der Waals surface area contributed by atoms with Gasteiger partial charge in [-0.25, -0.2) is 4.79 Å². The number of hydrogen-bond acceptors (Lipinski definition) is 6. The standard InChI is InChI=1S/C22H22IN3O4/c23-18-3-1-15(2-4-18)21(27)16-7-9-26(10-8-16)11-12-29-22(28)25-19-5-6-20-17(13-19)14-24-30-20/h1-6,13-14,16H,7-12H2,(H,25,28). The Balaban J connectivity index is 1.18. The number of hydrogen-bond donors (Lipinski definition) is 1. The van der Waals surface area contributed by atoms with Gasteiger partial charge in [0, 0.05) is 32.7 Å². The zero-order valence-corrected chi connectivity index (χ0v) is 18.5. The Hall–Kier alpha value is -2.46. The van der Waals surface area contributed by atoms with E-state index in [2.05, 4.69) is 38.0 Å². The number of piperidine rings is 1. The van der Waals surface area contributed by atoms with Crippen molar-refractivity contribution < 1.29 is 18.8 Å². The van der Waals surface area contributed by atoms with Crippen molar-refractivity contribution in [1.82, 2.24) is 10.1 Å². The minimum Gasteiger partial charge on any atom is -0.448 e. The summed E-state index contributed by atoms with van der Waals surface area (Å²) < 4.78 is 11.5. The summed E-state index contributed by atoms with van der Waals surface area (Å²) in [7, 11) is 0. The second-order valence-electron chi connectivity index (χ2n) is 7.33. The maximum Gasteiger partial charge on any atom is 0.411 e. The normalized spacial score (nSPS) is 15.2. The molecular weight excluding hydrogens is 497 g/mol. The minimum atomic E-state index is -0.491. The highest BCUT2D eigenvalue weighted by molar-refractivity contribution is 14.1. The molecule has 0 aliphatic carbocycles. The monoisotopic (exact) mass is 519 g/mol. The Kier molecular flexibility index (Phi) is 6.63. The Morgan fingerprint density at radius 2 is 1.93 bits per heavy atom. The van der Waals surface area contributed by atoms with Gasteiger partial charge in [0.25, 0.3) is 0 Å². The molecule has 0 unspecified atom stereocenters. The summed E-state index contributed by atoms with van der Waals surface area (Å²) in [5, 5.41) is 7.24. The Morgan fingerprint density at radius 1 is 1.17 bits per heavy atom. The predicted octanol–water partition coefficient (Wildman–Crippen LogP) is 4.58. The van der Waals surface area contributed by atoms with Crippen molar-refractivity contribution in [3.8, 4) is 0 Å². The molecule has 0 radical (unpaired) electrons. The van der Waals surface area contributed by atoms with Crippen LogP contribution in [-0.2, 0) is 4.74 Å². The number of nitrogens with one attached hydrogen (secondary N) is 1. The smallest absolute Gasteiger partial charge is 0.411 e. The number of halogens is 1. The first-order valence-electron chi connectivity index (χ1n) is 9.89. The highest BCUT2D eigenvalue weighted by Crippen LogP contribution is 2.22. The third-order valence-electron chi connectivity index (χ3n) is 5.33. The van der Waals surface area contributed by atoms with E-state index in [1.165, 1.54) is 0 Å². The van der Waals surface area contributed by atoms with Crippen LogP contribution in [0.3, 0.4) is 0 Å². The molecule has 8 heteroatoms. The average molecular weight is 519 g/mol. The number of nitrogens with zero attached hydrogens (tertiary/aromatic N) is 2. The lowest BCUT2D eigenvalue weighted by atomic mass is 9.89. The number of benzene rings is 2. The van der Waals surface area contributed by atoms with Crippen LogP contribution in [0.4, 0.5) is 10.5 Å². The number of amides is 1. The zero-order valence-electron chi connectivity index (χ0n) is 16.3. The zero-order chi connectivity index (χ0) is 20.9. The first-order valence-corrected chi connectivity index (χ1v) is 11.0. The van der Waals surface area contributed by atoms with Crippen LogP contribution in [0, 0.1) is 9.49 Å². The molecular formula is C22H22IN3O4. The van der Waals surface area contributed by atoms with E-state index in [1.54, 1.807) is 24.4 Å². The van der Waals surface area contributed by atoms with Gasteiger partial charge in [-0.2, -0.15) is 0 Å². The fourth-order valence-corrected chi connectivity index (χ4v) is 4.00. The van der Waals surface area contributed by atoms with Crippen molar-refractivity contribution in [1.29, 1.82) is 0 Å². The molecule has 0 atom stereocenters. The molecule has 7 nitrogen and oxygen atoms in total. The molecule has 4 rings (SSSR count). The van der Waals surface area contributed by atoms with Gasteiger partial charge in [0.15, 0.2) is 11.4 Å². The van der Waals surface area contributed by atoms with E-state index in [0.29, 0.717) is 24.4 Å². The van der Waals surface area contributed by atoms with Crippen molar-refractivity contribution in [3.63, 3.8) is 0 Å². The lowest BCUT2D eigenvalue weighted by Crippen LogP contribution is -2.38. The van der Waals surface area contributed by atoms with Gasteiger partial charge in [-0.15, -0.1) is 0 Å². The van der Waals surface area contributed by atoms with Crippen LogP contribution in [0.5, 0.6) is 0 Å². The van der Waals surface area contributed by atoms with Gasteiger partial charge in [-0.1, -0.05) is 17.3 Å². The largest absolute Gasteiger partial charge is 0.448 e. The van der Waals surface area contributed by atoms with E-state index in [0.717, 1.165) is 40.5 Å². The maximum absolute atomic E-state index is 12.7. The lowest BCUT2D eigenvalue weighted by Gasteiger charge is -2.31. The Labute approximate surface area is 187 Å². The third kappa shape index (κ3) is 5.17. The van der Waals surface area contributed by atoms with Crippen LogP contribution in [0.1, 0.15) is 23.2 Å². The number of ether oxygens (including phenoxy) is 1. The second-order valence-corrected chi connectivity index (χ2v) is 8.57. The van der Waals surface area contributed by atoms with Gasteiger partial charge < -0.3 is 9.26 Å². The van der Waals surface area contributed by atoms with Crippen molar-refractivity contribution in [2.75, 3.05) is 31.6 Å². The van der Waals surface area contributed by atoms with Gasteiger partial charge in [-0.3, -0.25) is 15.0 Å². The van der Waals surface area contributed by atoms with Crippen LogP contribution in [0.15, 0.2) is 53.2 Å². The van der Waals surface area contributed by atoms with Crippen molar-refractivity contribution in [3.05, 3.63) is 57.8 Å². The quantitative estimate of drug-likeness (QED) is 0.380. The summed E-state index contributed by atoms with van der Waals surface area (Å²) in [5.41, 5.74) is 2.08. The summed E-state index contributed by atoms with van der Waals surface area (Å²) >= 11 is 2.24. The van der Waals surface area contributed by atoms with Crippen LogP contribution >= 0.6 is 22.6 Å². The van der Waals surface area contributed by atoms with E-state index >= 15 is 0 Å². The number of anilines is 1. The van der Waals surface area contributed by atoms with E-state index in [9.17, 15) is 9.59 Å². The Bertz CT molecular complexity index is 1030. The summed E-state index contributed by atoms with van der Waals surface area (Å²) in [6, 6.07) is 13.0. The SMILES string of the molecule is O=C(Nc1ccc2oncc2c1)OCCN1CCC(C(=O)c2ccc(I)cc2)CC1. The van der Waals surface area contributed by atoms with Gasteiger partial charge in [0.2, 0.25) is 0 Å². The minimum absolute atomic E-state index is 0.0675. The number of rotatable bonds is 6. The molecule has 2 heterocycles. The molecule has 156 valence electrons. The van der Waals surface area contributed by atoms with Crippen molar-refractivity contribution >= 4 is 51.1 Å². The number of carbonyl (C=O) groups is 2. The molecule has 2 aromatic carbocycles. The van der Waals surface area contributed by atoms with E-state index in [-0.39, 0.29) is 11.7 Å². The fraction of sp³-hybridized carbons (Fsp3) is 0.318. The van der Waals surface area contributed by atoms with Gasteiger partial charge >= 0.3 is 6.09 Å². The lowest BCUT2D eigenvalue weighted by molar-refractivity contribution is 0.0813. The number of likely N-dealkylation sites (tertiary alicyclic amines) is 1. The van der Waals surface area contributed by atoms with Crippen LogP contribution in [-0.4, -0.2) is 48.2 Å². The molecule has 1 saturated heterocycles. The average Bonchev–Trinajstić information content (AvgIpc) is 3.22. The molecule has 1 aliphatic heterocycles. The van der Waals surface area contributed by atoms with E-state index < -0.39 is 6.09 Å². The number of carbonyl (C=O) groups excluding carboxylic acids is 2. The van der Waals surface area contributed by atoms with Gasteiger partial charge in [0.05, 0.1) is 6.20 Å². The van der Waals surface area contributed by atoms with Crippen molar-refractivity contribution in [2.24, 2.45) is 5.92 Å². The summed E-state index contributed by atoms with van der Waals surface area (Å²) in [6.07, 6.45) is 2.76. The molecule has 1 fully saturated rings. The maximum atomic E-state index is 12.7. The highest BCUT2D eigenvalue weighted by atomic mass is 127. The topological polar surface area (TPSA) is 84.7 Å². The molecule has 1 N–H and O–H groups in total. The van der Waals surface area contributed by atoms with E-state index in [1.807, 2.05) is 24.3 Å². The summed E-state index contributed by atoms with van der Waals surface area (Å²) in [5.74, 6) is 0.296. The van der Waals surface area contributed by atoms with Crippen LogP contribution < -0.4 is 5.32 Å². The highest BCUT2D eigenvalue weighted by Gasteiger charge is 2.25. The van der Waals surface area contributed by atoms with Crippen LogP contribution in [0.25, 0.3) is 11.0 Å². The molecule has 30 heavy (non-hydrogen) atoms. The number of ketones is 1. The number of aromatic nitrogens is 1. The molecule has 3 aromatic rings. The first-order chi connectivity index (χ1) is 14.6. The molecule has 1 amide bonds. The third-order valence-corrected chi connectivity index (χ3v) is 6.05. The molecule has 0 saturated carbocycles. The Morgan fingerprint density at radius 3 is 2.70 bits per heavy atom. The summed E-state index contributed by atoms with van der Waals surface area (Å²) in [4.78, 5) is 26.9. The van der Waals surface area contributed by atoms with Gasteiger partial charge in [0.1, 0.15) is 6.61 Å². The molecule has 1 aromatic heterocycles. The molecule has 0 bridgehead atoms. The van der Waals surface area contributed by atoms with Gasteiger partial charge in [-0.05, 0) is 78.9 Å². The summed E-state index contributed by atoms with van der Waals surface area (Å²) in [6.45, 7) is 2.62. The second kappa shape index (κ2) is 9.57. The van der Waals surface area contributed by atoms with Crippen molar-refractivity contribution in [2.45, 2.75) is 12.8 Å². The molecule has 1 aliphatic rings. The predicted molar refractivity (Wildman–Crippen MR) is 122 cm³/mol. The first kappa shape index (κ1) is 20.8. The molecule has 0 spiro atoms. The van der Waals surface area contributed by atoms with E-state index in [4.69, 9.17) is 9.26 Å².